The van der Waals surface area contributed by atoms with Crippen molar-refractivity contribution >= 4 is 5.96 Å². The van der Waals surface area contributed by atoms with Crippen molar-refractivity contribution in [3.05, 3.63) is 35.4 Å². The second-order valence-electron chi connectivity index (χ2n) is 8.34. The average Bonchev–Trinajstić information content (AvgIpc) is 2.70. The maximum atomic E-state index is 5.44. The van der Waals surface area contributed by atoms with Crippen LogP contribution in [-0.4, -0.2) is 74.3 Å². The second-order valence-corrected chi connectivity index (χ2v) is 8.34. The first-order valence-electron chi connectivity index (χ1n) is 11.1. The average molecular weight is 404 g/mol. The molecule has 1 heterocycles. The standard InChI is InChI=1S/C23H41N5O/c1-19(2)28(20(3)4)11-7-10-25-23(24-5)26-17-21-8-6-9-22(16-21)18-27-12-14-29-15-13-27/h6,8-9,16,19-20H,7,10-15,17-18H2,1-5H3,(H2,24,25,26). The fourth-order valence-electron chi connectivity index (χ4n) is 3.84. The molecule has 0 radical (unpaired) electrons. The van der Waals surface area contributed by atoms with Crippen LogP contribution in [0.2, 0.25) is 0 Å². The van der Waals surface area contributed by atoms with Crippen LogP contribution in [-0.2, 0) is 17.8 Å². The molecule has 1 saturated heterocycles. The second kappa shape index (κ2) is 12.8. The van der Waals surface area contributed by atoms with Gasteiger partial charge in [-0.1, -0.05) is 24.3 Å². The van der Waals surface area contributed by atoms with E-state index in [4.69, 9.17) is 4.74 Å². The number of nitrogens with one attached hydrogen (secondary N) is 2. The number of morpholine rings is 1. The lowest BCUT2D eigenvalue weighted by atomic mass is 10.1. The fraction of sp³-hybridized carbons (Fsp3) is 0.696. The van der Waals surface area contributed by atoms with Crippen molar-refractivity contribution in [3.8, 4) is 0 Å². The SMILES string of the molecule is CN=C(NCCCN(C(C)C)C(C)C)NCc1cccc(CN2CCOCC2)c1. The zero-order valence-corrected chi connectivity index (χ0v) is 19.1. The molecule has 1 aromatic rings. The molecular weight excluding hydrogens is 362 g/mol. The highest BCUT2D eigenvalue weighted by Gasteiger charge is 2.13. The molecule has 164 valence electrons. The number of benzene rings is 1. The van der Waals surface area contributed by atoms with E-state index in [0.717, 1.165) is 64.9 Å². The summed E-state index contributed by atoms with van der Waals surface area (Å²) >= 11 is 0. The molecule has 1 aliphatic heterocycles. The topological polar surface area (TPSA) is 52.1 Å². The minimum absolute atomic E-state index is 0.581. The molecule has 0 amide bonds. The molecule has 29 heavy (non-hydrogen) atoms. The zero-order chi connectivity index (χ0) is 21.1. The minimum atomic E-state index is 0.581. The van der Waals surface area contributed by atoms with E-state index >= 15 is 0 Å². The van der Waals surface area contributed by atoms with Crippen molar-refractivity contribution in [2.45, 2.75) is 59.3 Å². The lowest BCUT2D eigenvalue weighted by molar-refractivity contribution is 0.0342. The first-order chi connectivity index (χ1) is 14.0. The van der Waals surface area contributed by atoms with Crippen LogP contribution in [0, 0.1) is 0 Å². The Kier molecular flexibility index (Phi) is 10.5. The zero-order valence-electron chi connectivity index (χ0n) is 19.1. The van der Waals surface area contributed by atoms with Crippen molar-refractivity contribution in [3.63, 3.8) is 0 Å². The summed E-state index contributed by atoms with van der Waals surface area (Å²) in [7, 11) is 1.83. The molecule has 0 atom stereocenters. The van der Waals surface area contributed by atoms with Gasteiger partial charge < -0.3 is 15.4 Å². The smallest absolute Gasteiger partial charge is 0.191 e. The predicted molar refractivity (Wildman–Crippen MR) is 122 cm³/mol. The normalized spacial score (nSPS) is 16.1. The highest BCUT2D eigenvalue weighted by atomic mass is 16.5. The molecule has 2 rings (SSSR count). The van der Waals surface area contributed by atoms with E-state index in [1.165, 1.54) is 11.1 Å². The van der Waals surface area contributed by atoms with Gasteiger partial charge in [-0.05, 0) is 45.2 Å². The molecular formula is C23H41N5O. The van der Waals surface area contributed by atoms with Crippen LogP contribution in [0.3, 0.4) is 0 Å². The Hall–Kier alpha value is -1.63. The van der Waals surface area contributed by atoms with E-state index in [2.05, 4.69) is 77.4 Å². The minimum Gasteiger partial charge on any atom is -0.379 e. The van der Waals surface area contributed by atoms with Gasteiger partial charge in [0.05, 0.1) is 13.2 Å². The highest BCUT2D eigenvalue weighted by Crippen LogP contribution is 2.10. The fourth-order valence-corrected chi connectivity index (χ4v) is 3.84. The lowest BCUT2D eigenvalue weighted by Gasteiger charge is -2.30. The Bertz CT molecular complexity index is 603. The van der Waals surface area contributed by atoms with E-state index in [0.29, 0.717) is 12.1 Å². The Morgan fingerprint density at radius 3 is 2.45 bits per heavy atom. The van der Waals surface area contributed by atoms with Crippen LogP contribution < -0.4 is 10.6 Å². The quantitative estimate of drug-likeness (QED) is 0.357. The van der Waals surface area contributed by atoms with Crippen LogP contribution in [0.4, 0.5) is 0 Å². The molecule has 0 spiro atoms. The Balaban J connectivity index is 1.73. The molecule has 6 nitrogen and oxygen atoms in total. The van der Waals surface area contributed by atoms with E-state index in [1.54, 1.807) is 0 Å². The summed E-state index contributed by atoms with van der Waals surface area (Å²) in [6.07, 6.45) is 1.10. The lowest BCUT2D eigenvalue weighted by Crippen LogP contribution is -2.41. The van der Waals surface area contributed by atoms with Crippen LogP contribution >= 0.6 is 0 Å². The monoisotopic (exact) mass is 403 g/mol. The summed E-state index contributed by atoms with van der Waals surface area (Å²) in [5, 5.41) is 6.89. The van der Waals surface area contributed by atoms with Gasteiger partial charge in [0.15, 0.2) is 5.96 Å². The summed E-state index contributed by atoms with van der Waals surface area (Å²) in [5.74, 6) is 0.865. The molecule has 0 aliphatic carbocycles. The van der Waals surface area contributed by atoms with Crippen molar-refractivity contribution in [2.75, 3.05) is 46.4 Å². The molecule has 2 N–H and O–H groups in total. The van der Waals surface area contributed by atoms with E-state index in [9.17, 15) is 0 Å². The van der Waals surface area contributed by atoms with Gasteiger partial charge in [0.25, 0.3) is 0 Å². The maximum Gasteiger partial charge on any atom is 0.191 e. The van der Waals surface area contributed by atoms with Gasteiger partial charge in [0.1, 0.15) is 0 Å². The van der Waals surface area contributed by atoms with Crippen LogP contribution in [0.25, 0.3) is 0 Å². The van der Waals surface area contributed by atoms with Gasteiger partial charge >= 0.3 is 0 Å². The largest absolute Gasteiger partial charge is 0.379 e. The van der Waals surface area contributed by atoms with Crippen LogP contribution in [0.5, 0.6) is 0 Å². The van der Waals surface area contributed by atoms with Crippen LogP contribution in [0.1, 0.15) is 45.2 Å². The number of nitrogens with zero attached hydrogens (tertiary/aromatic N) is 3. The van der Waals surface area contributed by atoms with Gasteiger partial charge in [-0.2, -0.15) is 0 Å². The van der Waals surface area contributed by atoms with Gasteiger partial charge in [-0.15, -0.1) is 0 Å². The number of guanidine groups is 1. The molecule has 1 aliphatic rings. The Morgan fingerprint density at radius 2 is 1.79 bits per heavy atom. The van der Waals surface area contributed by atoms with Crippen molar-refractivity contribution < 1.29 is 4.74 Å². The van der Waals surface area contributed by atoms with Gasteiger partial charge in [-0.3, -0.25) is 14.8 Å². The van der Waals surface area contributed by atoms with Crippen molar-refractivity contribution in [1.29, 1.82) is 0 Å². The predicted octanol–water partition coefficient (Wildman–Crippen LogP) is 2.69. The van der Waals surface area contributed by atoms with E-state index < -0.39 is 0 Å². The summed E-state index contributed by atoms with van der Waals surface area (Å²) in [5.41, 5.74) is 2.64. The first-order valence-corrected chi connectivity index (χ1v) is 11.1. The summed E-state index contributed by atoms with van der Waals surface area (Å²) in [6.45, 7) is 16.6. The first kappa shape index (κ1) is 23.6. The third-order valence-corrected chi connectivity index (χ3v) is 5.40. The van der Waals surface area contributed by atoms with Gasteiger partial charge in [0.2, 0.25) is 0 Å². The van der Waals surface area contributed by atoms with Gasteiger partial charge in [-0.25, -0.2) is 0 Å². The van der Waals surface area contributed by atoms with Gasteiger partial charge in [0, 0.05) is 58.4 Å². The van der Waals surface area contributed by atoms with Crippen molar-refractivity contribution in [2.24, 2.45) is 4.99 Å². The number of hydrogen-bond acceptors (Lipinski definition) is 4. The third kappa shape index (κ3) is 8.72. The molecule has 0 aromatic heterocycles. The van der Waals surface area contributed by atoms with E-state index in [-0.39, 0.29) is 0 Å². The summed E-state index contributed by atoms with van der Waals surface area (Å²) in [6, 6.07) is 9.98. The Labute approximate surface area is 177 Å². The number of ether oxygens (including phenoxy) is 1. The molecule has 0 saturated carbocycles. The number of hydrogen-bond donors (Lipinski definition) is 2. The van der Waals surface area contributed by atoms with Crippen molar-refractivity contribution in [1.82, 2.24) is 20.4 Å². The Morgan fingerprint density at radius 1 is 1.10 bits per heavy atom. The number of aliphatic imine (C=N–C) groups is 1. The van der Waals surface area contributed by atoms with Crippen LogP contribution in [0.15, 0.2) is 29.3 Å². The molecule has 0 unspecified atom stereocenters. The third-order valence-electron chi connectivity index (χ3n) is 5.40. The molecule has 1 aromatic carbocycles. The summed E-state index contributed by atoms with van der Waals surface area (Å²) < 4.78 is 5.44. The molecule has 1 fully saturated rings. The summed E-state index contributed by atoms with van der Waals surface area (Å²) in [4.78, 5) is 9.34. The molecule has 6 heteroatoms. The highest BCUT2D eigenvalue weighted by molar-refractivity contribution is 5.79. The molecule has 0 bridgehead atoms. The maximum absolute atomic E-state index is 5.44. The number of rotatable bonds is 10. The van der Waals surface area contributed by atoms with E-state index in [1.807, 2.05) is 7.05 Å².